The summed E-state index contributed by atoms with van der Waals surface area (Å²) in [5.74, 6) is 0. The van der Waals surface area contributed by atoms with Crippen LogP contribution in [0, 0.1) is 7.05 Å². The SMILES string of the molecule is [CH2-]NCCN.[NH2-].[Ni+2]. The Bertz CT molecular complexity index is 17.7. The van der Waals surface area contributed by atoms with Gasteiger partial charge in [-0.15, -0.1) is 0 Å². The normalized spacial score (nSPS) is 6.00. The Kier molecular flexibility index (Phi) is 36.2. The van der Waals surface area contributed by atoms with E-state index in [-0.39, 0.29) is 22.6 Å². The quantitative estimate of drug-likeness (QED) is 0.428. The topological polar surface area (TPSA) is 71.5 Å². The molecular weight excluding hydrogens is 137 g/mol. The van der Waals surface area contributed by atoms with Crippen LogP contribution in [0.2, 0.25) is 0 Å². The second kappa shape index (κ2) is 16.2. The molecular formula is C3H11N3Ni. The van der Waals surface area contributed by atoms with Gasteiger partial charge < -0.3 is 17.2 Å². The standard InChI is InChI=1S/C3H9N2.H2N.Ni/c1-5-3-2-4;;/h5H,1-4H2;1H2;/q2*-1;+2. The molecule has 0 amide bonds. The molecule has 7 heavy (non-hydrogen) atoms. The Labute approximate surface area is 54.5 Å². The fourth-order valence-corrected chi connectivity index (χ4v) is 0.102. The van der Waals surface area contributed by atoms with Crippen LogP contribution in [-0.4, -0.2) is 13.1 Å². The van der Waals surface area contributed by atoms with Crippen molar-refractivity contribution >= 4 is 0 Å². The first-order chi connectivity index (χ1) is 2.41. The van der Waals surface area contributed by atoms with E-state index in [9.17, 15) is 0 Å². The molecule has 0 rings (SSSR count). The predicted octanol–water partition coefficient (Wildman–Crippen LogP) is 0.0409. The van der Waals surface area contributed by atoms with Crippen LogP contribution in [0.5, 0.6) is 0 Å². The fourth-order valence-electron chi connectivity index (χ4n) is 0.102. The summed E-state index contributed by atoms with van der Waals surface area (Å²) in [5.41, 5.74) is 5.04. The molecule has 0 aromatic rings. The second-order valence-corrected chi connectivity index (χ2v) is 0.789. The molecule has 4 heteroatoms. The van der Waals surface area contributed by atoms with Crippen LogP contribution < -0.4 is 11.1 Å². The molecule has 0 heterocycles. The molecule has 0 unspecified atom stereocenters. The van der Waals surface area contributed by atoms with E-state index in [1.807, 2.05) is 0 Å². The Balaban J connectivity index is -0.0000000800. The Morgan fingerprint density at radius 2 is 2.00 bits per heavy atom. The monoisotopic (exact) mass is 147 g/mol. The molecule has 3 nitrogen and oxygen atoms in total. The summed E-state index contributed by atoms with van der Waals surface area (Å²) in [7, 11) is 3.35. The molecule has 0 saturated heterocycles. The van der Waals surface area contributed by atoms with E-state index in [2.05, 4.69) is 12.4 Å². The van der Waals surface area contributed by atoms with Crippen LogP contribution in [0.3, 0.4) is 0 Å². The third-order valence-electron chi connectivity index (χ3n) is 0.321. The summed E-state index contributed by atoms with van der Waals surface area (Å²) < 4.78 is 0. The first-order valence-electron chi connectivity index (χ1n) is 1.62. The Hall–Kier alpha value is 0.374. The Morgan fingerprint density at radius 3 is 2.00 bits per heavy atom. The van der Waals surface area contributed by atoms with Crippen molar-refractivity contribution in [1.82, 2.24) is 5.32 Å². The minimum Gasteiger partial charge on any atom is -0.693 e. The first kappa shape index (κ1) is 15.7. The summed E-state index contributed by atoms with van der Waals surface area (Å²) in [6.07, 6.45) is 0. The summed E-state index contributed by atoms with van der Waals surface area (Å²) in [4.78, 5) is 0. The molecule has 0 saturated carbocycles. The van der Waals surface area contributed by atoms with Gasteiger partial charge in [-0.2, -0.15) is 0 Å². The summed E-state index contributed by atoms with van der Waals surface area (Å²) >= 11 is 0. The number of nitrogens with one attached hydrogen (secondary N) is 1. The van der Waals surface area contributed by atoms with E-state index in [4.69, 9.17) is 5.73 Å². The van der Waals surface area contributed by atoms with Gasteiger partial charge in [-0.05, 0) is 6.54 Å². The third kappa shape index (κ3) is 21.6. The summed E-state index contributed by atoms with van der Waals surface area (Å²) in [6, 6.07) is 0. The number of rotatable bonds is 2. The van der Waals surface area contributed by atoms with E-state index in [1.165, 1.54) is 0 Å². The van der Waals surface area contributed by atoms with Gasteiger partial charge in [0, 0.05) is 6.54 Å². The molecule has 0 aliphatic carbocycles. The van der Waals surface area contributed by atoms with Crippen LogP contribution in [0.4, 0.5) is 0 Å². The molecule has 0 aromatic carbocycles. The van der Waals surface area contributed by atoms with Gasteiger partial charge in [0.2, 0.25) is 0 Å². The van der Waals surface area contributed by atoms with E-state index in [0.717, 1.165) is 6.54 Å². The smallest absolute Gasteiger partial charge is 0.693 e. The van der Waals surface area contributed by atoms with Gasteiger partial charge in [-0.25, -0.2) is 0 Å². The maximum absolute atomic E-state index is 5.04. The van der Waals surface area contributed by atoms with Gasteiger partial charge in [-0.1, -0.05) is 0 Å². The van der Waals surface area contributed by atoms with Crippen LogP contribution in [0.15, 0.2) is 0 Å². The van der Waals surface area contributed by atoms with Crippen LogP contribution >= 0.6 is 0 Å². The number of nitrogens with two attached hydrogens (primary N) is 2. The zero-order valence-electron chi connectivity index (χ0n) is 4.09. The van der Waals surface area contributed by atoms with E-state index >= 15 is 0 Å². The van der Waals surface area contributed by atoms with Crippen LogP contribution in [0.25, 0.3) is 6.15 Å². The summed E-state index contributed by atoms with van der Waals surface area (Å²) in [5, 5.41) is 2.64. The van der Waals surface area contributed by atoms with Crippen molar-refractivity contribution in [3.8, 4) is 0 Å². The Morgan fingerprint density at radius 1 is 1.57 bits per heavy atom. The average Bonchev–Trinajstić information content (AvgIpc) is 1.41. The van der Waals surface area contributed by atoms with Crippen molar-refractivity contribution in [3.63, 3.8) is 0 Å². The van der Waals surface area contributed by atoms with Crippen molar-refractivity contribution in [2.45, 2.75) is 0 Å². The molecule has 0 aliphatic rings. The first-order valence-corrected chi connectivity index (χ1v) is 1.62. The molecule has 5 N–H and O–H groups in total. The van der Waals surface area contributed by atoms with Gasteiger partial charge in [-0.3, -0.25) is 7.05 Å². The van der Waals surface area contributed by atoms with Crippen molar-refractivity contribution in [1.29, 1.82) is 0 Å². The minimum absolute atomic E-state index is 0. The van der Waals surface area contributed by atoms with Gasteiger partial charge in [0.15, 0.2) is 0 Å². The molecule has 0 radical (unpaired) electrons. The van der Waals surface area contributed by atoms with Crippen LogP contribution in [-0.2, 0) is 16.5 Å². The summed E-state index contributed by atoms with van der Waals surface area (Å²) in [6.45, 7) is 1.48. The number of hydrogen-bond acceptors (Lipinski definition) is 2. The largest absolute Gasteiger partial charge is 2.00 e. The maximum atomic E-state index is 5.04. The van der Waals surface area contributed by atoms with Crippen LogP contribution in [0.1, 0.15) is 0 Å². The van der Waals surface area contributed by atoms with Crippen molar-refractivity contribution < 1.29 is 16.5 Å². The van der Waals surface area contributed by atoms with Gasteiger partial charge >= 0.3 is 16.5 Å². The van der Waals surface area contributed by atoms with E-state index < -0.39 is 0 Å². The average molecular weight is 148 g/mol. The fraction of sp³-hybridized carbons (Fsp3) is 0.667. The van der Waals surface area contributed by atoms with Crippen molar-refractivity contribution in [3.05, 3.63) is 13.2 Å². The zero-order chi connectivity index (χ0) is 4.12. The molecule has 0 fully saturated rings. The van der Waals surface area contributed by atoms with E-state index in [1.54, 1.807) is 0 Å². The zero-order valence-corrected chi connectivity index (χ0v) is 5.08. The molecule has 0 bridgehead atoms. The van der Waals surface area contributed by atoms with Gasteiger partial charge in [0.1, 0.15) is 0 Å². The molecule has 0 aromatic heterocycles. The molecule has 0 aliphatic heterocycles. The molecule has 0 spiro atoms. The second-order valence-electron chi connectivity index (χ2n) is 0.789. The maximum Gasteiger partial charge on any atom is 2.00 e. The van der Waals surface area contributed by atoms with Gasteiger partial charge in [0.25, 0.3) is 0 Å². The minimum atomic E-state index is 0. The third-order valence-corrected chi connectivity index (χ3v) is 0.321. The predicted molar refractivity (Wildman–Crippen MR) is 27.7 cm³/mol. The molecule has 0 atom stereocenters. The molecule has 48 valence electrons. The number of hydrogen-bond donors (Lipinski definition) is 2. The van der Waals surface area contributed by atoms with Crippen molar-refractivity contribution in [2.24, 2.45) is 5.73 Å². The van der Waals surface area contributed by atoms with Crippen molar-refractivity contribution in [2.75, 3.05) is 13.1 Å². The van der Waals surface area contributed by atoms with E-state index in [0.29, 0.717) is 6.54 Å². The van der Waals surface area contributed by atoms with Gasteiger partial charge in [0.05, 0.1) is 0 Å².